The van der Waals surface area contributed by atoms with Crippen LogP contribution in [0.3, 0.4) is 0 Å². The van der Waals surface area contributed by atoms with Gasteiger partial charge in [0.15, 0.2) is 9.84 Å². The smallest absolute Gasteiger partial charge is 0.262 e. The Labute approximate surface area is 78.2 Å². The Hall–Kier alpha value is -0.620. The molecule has 6 heteroatoms. The van der Waals surface area contributed by atoms with Crippen LogP contribution >= 0.6 is 0 Å². The van der Waals surface area contributed by atoms with Gasteiger partial charge in [0.05, 0.1) is 5.60 Å². The van der Waals surface area contributed by atoms with Gasteiger partial charge in [0.25, 0.3) is 5.91 Å². The number of carbonyl (C=O) groups is 1. The molecule has 5 nitrogen and oxygen atoms in total. The highest BCUT2D eigenvalue weighted by Gasteiger charge is 2.31. The van der Waals surface area contributed by atoms with Gasteiger partial charge in [0.2, 0.25) is 5.44 Å². The molecule has 0 aliphatic rings. The van der Waals surface area contributed by atoms with Crippen LogP contribution in [0.1, 0.15) is 20.8 Å². The van der Waals surface area contributed by atoms with Crippen LogP contribution in [0.25, 0.3) is 0 Å². The number of nitrogens with two attached hydrogens (primary N) is 1. The highest BCUT2D eigenvalue weighted by molar-refractivity contribution is 7.91. The summed E-state index contributed by atoms with van der Waals surface area (Å²) in [5.41, 5.74) is 2.60. The Morgan fingerprint density at radius 2 is 1.77 bits per heavy atom. The van der Waals surface area contributed by atoms with E-state index in [9.17, 15) is 13.2 Å². The summed E-state index contributed by atoms with van der Waals surface area (Å²) in [4.78, 5) is 10.7. The van der Waals surface area contributed by atoms with Crippen LogP contribution in [0, 0.1) is 0 Å². The van der Waals surface area contributed by atoms with Crippen molar-refractivity contribution in [3.63, 3.8) is 0 Å². The minimum absolute atomic E-state index is 0.719. The number of sulfone groups is 1. The Balaban J connectivity index is 4.78. The van der Waals surface area contributed by atoms with Crippen molar-refractivity contribution < 1.29 is 17.9 Å². The van der Waals surface area contributed by atoms with E-state index in [4.69, 9.17) is 10.5 Å². The molecule has 0 spiro atoms. The summed E-state index contributed by atoms with van der Waals surface area (Å²) in [6, 6.07) is 0. The second-order valence-electron chi connectivity index (χ2n) is 3.79. The molecule has 0 aliphatic heterocycles. The zero-order valence-corrected chi connectivity index (χ0v) is 9.01. The Morgan fingerprint density at radius 3 is 1.85 bits per heavy atom. The number of rotatable bonds is 3. The molecule has 0 fully saturated rings. The lowest BCUT2D eigenvalue weighted by Crippen LogP contribution is -2.42. The van der Waals surface area contributed by atoms with Crippen molar-refractivity contribution in [3.8, 4) is 0 Å². The molecule has 0 aromatic heterocycles. The lowest BCUT2D eigenvalue weighted by Gasteiger charge is -2.24. The van der Waals surface area contributed by atoms with Gasteiger partial charge in [-0.1, -0.05) is 0 Å². The molecule has 0 aliphatic carbocycles. The number of ether oxygens (including phenoxy) is 1. The summed E-state index contributed by atoms with van der Waals surface area (Å²) in [7, 11) is -3.59. The molecule has 0 bridgehead atoms. The predicted molar refractivity (Wildman–Crippen MR) is 48.7 cm³/mol. The van der Waals surface area contributed by atoms with E-state index in [0.29, 0.717) is 0 Å². The van der Waals surface area contributed by atoms with E-state index in [0.717, 1.165) is 6.26 Å². The lowest BCUT2D eigenvalue weighted by molar-refractivity contribution is -0.130. The fourth-order valence-electron chi connectivity index (χ4n) is 0.678. The molecule has 1 unspecified atom stereocenters. The topological polar surface area (TPSA) is 86.5 Å². The normalized spacial score (nSPS) is 15.4. The zero-order valence-electron chi connectivity index (χ0n) is 8.20. The van der Waals surface area contributed by atoms with Crippen molar-refractivity contribution >= 4 is 15.7 Å². The molecule has 1 atom stereocenters. The zero-order chi connectivity index (χ0) is 10.9. The third-order valence-electron chi connectivity index (χ3n) is 1.08. The number of amides is 1. The largest absolute Gasteiger partial charge is 0.366 e. The molecule has 0 heterocycles. The van der Waals surface area contributed by atoms with Gasteiger partial charge in [-0.2, -0.15) is 0 Å². The van der Waals surface area contributed by atoms with Crippen LogP contribution in [0.15, 0.2) is 0 Å². The fourth-order valence-corrected chi connectivity index (χ4v) is 1.56. The molecule has 13 heavy (non-hydrogen) atoms. The average Bonchev–Trinajstić information content (AvgIpc) is 1.77. The molecule has 78 valence electrons. The first-order valence-corrected chi connectivity index (χ1v) is 5.65. The minimum atomic E-state index is -3.59. The predicted octanol–water partition coefficient (Wildman–Crippen LogP) is -0.342. The molecular weight excluding hydrogens is 194 g/mol. The van der Waals surface area contributed by atoms with E-state index in [1.54, 1.807) is 20.8 Å². The van der Waals surface area contributed by atoms with Gasteiger partial charge in [-0.05, 0) is 20.8 Å². The van der Waals surface area contributed by atoms with Crippen LogP contribution in [0.2, 0.25) is 0 Å². The highest BCUT2D eigenvalue weighted by Crippen LogP contribution is 2.13. The van der Waals surface area contributed by atoms with Crippen LogP contribution in [-0.2, 0) is 19.4 Å². The quantitative estimate of drug-likeness (QED) is 0.688. The van der Waals surface area contributed by atoms with Gasteiger partial charge < -0.3 is 10.5 Å². The van der Waals surface area contributed by atoms with Crippen molar-refractivity contribution in [2.75, 3.05) is 6.26 Å². The Morgan fingerprint density at radius 1 is 1.38 bits per heavy atom. The summed E-state index contributed by atoms with van der Waals surface area (Å²) in [5.74, 6) is -0.988. The van der Waals surface area contributed by atoms with Crippen molar-refractivity contribution in [3.05, 3.63) is 0 Å². The van der Waals surface area contributed by atoms with Gasteiger partial charge in [-0.25, -0.2) is 8.42 Å². The van der Waals surface area contributed by atoms with E-state index in [-0.39, 0.29) is 0 Å². The Bertz CT molecular complexity index is 288. The molecule has 0 aromatic carbocycles. The number of hydrogen-bond acceptors (Lipinski definition) is 4. The first kappa shape index (κ1) is 12.4. The van der Waals surface area contributed by atoms with Gasteiger partial charge in [-0.15, -0.1) is 0 Å². The molecular formula is C7H15NO4S. The van der Waals surface area contributed by atoms with Gasteiger partial charge >= 0.3 is 0 Å². The summed E-state index contributed by atoms with van der Waals surface area (Å²) < 4.78 is 27.1. The lowest BCUT2D eigenvalue weighted by atomic mass is 10.2. The molecule has 0 rings (SSSR count). The van der Waals surface area contributed by atoms with Gasteiger partial charge in [0, 0.05) is 6.26 Å². The van der Waals surface area contributed by atoms with Crippen LogP contribution in [-0.4, -0.2) is 31.6 Å². The van der Waals surface area contributed by atoms with E-state index >= 15 is 0 Å². The van der Waals surface area contributed by atoms with Gasteiger partial charge in [0.1, 0.15) is 0 Å². The maximum Gasteiger partial charge on any atom is 0.262 e. The molecule has 1 amide bonds. The third-order valence-corrected chi connectivity index (χ3v) is 2.19. The van der Waals surface area contributed by atoms with E-state index in [1.807, 2.05) is 0 Å². The van der Waals surface area contributed by atoms with Crippen LogP contribution < -0.4 is 5.73 Å². The maximum atomic E-state index is 11.0. The van der Waals surface area contributed by atoms with Crippen molar-refractivity contribution in [1.82, 2.24) is 0 Å². The van der Waals surface area contributed by atoms with Crippen LogP contribution in [0.4, 0.5) is 0 Å². The van der Waals surface area contributed by atoms with Crippen molar-refractivity contribution in [1.29, 1.82) is 0 Å². The Kier molecular flexibility index (Phi) is 3.46. The second kappa shape index (κ2) is 3.63. The summed E-state index contributed by atoms with van der Waals surface area (Å²) in [6.07, 6.45) is 0.911. The molecule has 0 radical (unpaired) electrons. The second-order valence-corrected chi connectivity index (χ2v) is 5.88. The number of hydrogen-bond donors (Lipinski definition) is 1. The molecule has 2 N–H and O–H groups in total. The first-order chi connectivity index (χ1) is 5.54. The summed E-state index contributed by atoms with van der Waals surface area (Å²) >= 11 is 0. The first-order valence-electron chi connectivity index (χ1n) is 3.70. The van der Waals surface area contributed by atoms with Gasteiger partial charge in [-0.3, -0.25) is 4.79 Å². The summed E-state index contributed by atoms with van der Waals surface area (Å²) in [5, 5.41) is 0. The van der Waals surface area contributed by atoms with Crippen molar-refractivity contribution in [2.45, 2.75) is 31.8 Å². The standard InChI is InChI=1S/C7H15NO4S/c1-7(2,3)12-6(5(8)9)13(4,10)11/h6H,1-4H3,(H2,8,9). The number of carbonyl (C=O) groups excluding carboxylic acids is 1. The molecule has 0 saturated heterocycles. The monoisotopic (exact) mass is 209 g/mol. The summed E-state index contributed by atoms with van der Waals surface area (Å²) in [6.45, 7) is 4.94. The minimum Gasteiger partial charge on any atom is -0.366 e. The van der Waals surface area contributed by atoms with Crippen LogP contribution in [0.5, 0.6) is 0 Å². The van der Waals surface area contributed by atoms with E-state index in [2.05, 4.69) is 0 Å². The SMILES string of the molecule is CC(C)(C)OC(C(N)=O)S(C)(=O)=O. The average molecular weight is 209 g/mol. The fraction of sp³-hybridized carbons (Fsp3) is 0.857. The van der Waals surface area contributed by atoms with E-state index < -0.39 is 26.8 Å². The highest BCUT2D eigenvalue weighted by atomic mass is 32.2. The maximum absolute atomic E-state index is 11.0. The third kappa shape index (κ3) is 4.84. The molecule has 0 saturated carbocycles. The number of primary amides is 1. The van der Waals surface area contributed by atoms with E-state index in [1.165, 1.54) is 0 Å². The molecule has 0 aromatic rings. The van der Waals surface area contributed by atoms with Crippen molar-refractivity contribution in [2.24, 2.45) is 5.73 Å².